The van der Waals surface area contributed by atoms with Crippen molar-refractivity contribution in [2.45, 2.75) is 39.3 Å². The topological polar surface area (TPSA) is 61.9 Å². The lowest BCUT2D eigenvalue weighted by Gasteiger charge is -2.40. The fraction of sp³-hybridized carbons (Fsp3) is 0.529. The number of hydrogen-bond donors (Lipinski definition) is 1. The molecule has 2 rings (SSSR count). The van der Waals surface area contributed by atoms with E-state index in [1.54, 1.807) is 25.7 Å². The molecule has 8 heteroatoms. The van der Waals surface area contributed by atoms with Crippen LogP contribution in [0, 0.1) is 11.6 Å². The molecule has 1 heterocycles. The van der Waals surface area contributed by atoms with Gasteiger partial charge in [0, 0.05) is 31.7 Å². The van der Waals surface area contributed by atoms with Gasteiger partial charge in [-0.15, -0.1) is 0 Å². The molecule has 0 aliphatic carbocycles. The predicted octanol–water partition coefficient (Wildman–Crippen LogP) is 3.44. The number of urea groups is 1. The standard InChI is InChI=1S/C17H23F2N3O3/c1-11-10-21(7-8-22(11)16(24)25-17(2,3)4)15(23)20-14-6-5-12(18)9-13(14)19/h5-6,9,11H,7-8,10H2,1-4H3,(H,20,23)/t11-/m0/s1. The molecule has 0 unspecified atom stereocenters. The first kappa shape index (κ1) is 19.0. The van der Waals surface area contributed by atoms with Crippen LogP contribution in [-0.4, -0.2) is 53.2 Å². The number of anilines is 1. The lowest BCUT2D eigenvalue weighted by molar-refractivity contribution is 0.00589. The molecule has 1 aromatic rings. The minimum absolute atomic E-state index is 0.0892. The zero-order valence-electron chi connectivity index (χ0n) is 14.8. The monoisotopic (exact) mass is 355 g/mol. The first-order valence-electron chi connectivity index (χ1n) is 8.07. The molecule has 1 aromatic carbocycles. The highest BCUT2D eigenvalue weighted by Crippen LogP contribution is 2.18. The molecular weight excluding hydrogens is 332 g/mol. The molecule has 0 radical (unpaired) electrons. The minimum atomic E-state index is -0.839. The number of benzene rings is 1. The van der Waals surface area contributed by atoms with Crippen LogP contribution in [0.4, 0.5) is 24.1 Å². The quantitative estimate of drug-likeness (QED) is 0.839. The Labute approximate surface area is 145 Å². The number of ether oxygens (including phenoxy) is 1. The number of halogens is 2. The zero-order valence-corrected chi connectivity index (χ0v) is 14.8. The molecule has 0 aromatic heterocycles. The zero-order chi connectivity index (χ0) is 18.8. The lowest BCUT2D eigenvalue weighted by atomic mass is 10.2. The number of rotatable bonds is 1. The number of carbonyl (C=O) groups is 2. The highest BCUT2D eigenvalue weighted by Gasteiger charge is 2.32. The van der Waals surface area contributed by atoms with E-state index in [0.717, 1.165) is 6.07 Å². The summed E-state index contributed by atoms with van der Waals surface area (Å²) in [5.74, 6) is -1.55. The molecule has 1 fully saturated rings. The lowest BCUT2D eigenvalue weighted by Crippen LogP contribution is -2.57. The van der Waals surface area contributed by atoms with Gasteiger partial charge in [-0.2, -0.15) is 0 Å². The maximum absolute atomic E-state index is 13.6. The van der Waals surface area contributed by atoms with Crippen LogP contribution in [0.1, 0.15) is 27.7 Å². The SMILES string of the molecule is C[C@H]1CN(C(=O)Nc2ccc(F)cc2F)CCN1C(=O)OC(C)(C)C. The number of nitrogens with zero attached hydrogens (tertiary/aromatic N) is 2. The average molecular weight is 355 g/mol. The van der Waals surface area contributed by atoms with Crippen LogP contribution < -0.4 is 5.32 Å². The Bertz CT molecular complexity index is 661. The van der Waals surface area contributed by atoms with Crippen molar-refractivity contribution in [1.29, 1.82) is 0 Å². The van der Waals surface area contributed by atoms with Gasteiger partial charge in [-0.3, -0.25) is 0 Å². The third-order valence-corrected chi connectivity index (χ3v) is 3.72. The van der Waals surface area contributed by atoms with Crippen LogP contribution in [0.2, 0.25) is 0 Å². The highest BCUT2D eigenvalue weighted by molar-refractivity contribution is 5.89. The number of piperazine rings is 1. The van der Waals surface area contributed by atoms with Gasteiger partial charge < -0.3 is 19.9 Å². The van der Waals surface area contributed by atoms with Crippen LogP contribution >= 0.6 is 0 Å². The molecule has 1 aliphatic rings. The van der Waals surface area contributed by atoms with Crippen molar-refractivity contribution in [3.63, 3.8) is 0 Å². The highest BCUT2D eigenvalue weighted by atomic mass is 19.1. The number of hydrogen-bond acceptors (Lipinski definition) is 3. The summed E-state index contributed by atoms with van der Waals surface area (Å²) in [4.78, 5) is 27.5. The van der Waals surface area contributed by atoms with Gasteiger partial charge in [-0.1, -0.05) is 0 Å². The van der Waals surface area contributed by atoms with E-state index in [1.807, 2.05) is 6.92 Å². The molecule has 3 amide bonds. The Balaban J connectivity index is 1.95. The van der Waals surface area contributed by atoms with E-state index in [9.17, 15) is 18.4 Å². The summed E-state index contributed by atoms with van der Waals surface area (Å²) in [6.07, 6.45) is -0.426. The second-order valence-corrected chi connectivity index (χ2v) is 7.02. The molecule has 1 aliphatic heterocycles. The van der Waals surface area contributed by atoms with Crippen molar-refractivity contribution < 1.29 is 23.1 Å². The maximum Gasteiger partial charge on any atom is 0.410 e. The van der Waals surface area contributed by atoms with Crippen molar-refractivity contribution in [3.05, 3.63) is 29.8 Å². The van der Waals surface area contributed by atoms with Gasteiger partial charge in [0.15, 0.2) is 0 Å². The Hall–Kier alpha value is -2.38. The summed E-state index contributed by atoms with van der Waals surface area (Å²) >= 11 is 0. The van der Waals surface area contributed by atoms with Crippen molar-refractivity contribution in [1.82, 2.24) is 9.80 Å². The van der Waals surface area contributed by atoms with E-state index in [0.29, 0.717) is 12.6 Å². The van der Waals surface area contributed by atoms with E-state index in [4.69, 9.17) is 4.74 Å². The van der Waals surface area contributed by atoms with Gasteiger partial charge in [0.25, 0.3) is 0 Å². The Morgan fingerprint density at radius 1 is 1.24 bits per heavy atom. The summed E-state index contributed by atoms with van der Waals surface area (Å²) in [6.45, 7) is 8.06. The molecule has 0 saturated carbocycles. The Morgan fingerprint density at radius 3 is 2.48 bits per heavy atom. The number of amides is 3. The number of carbonyl (C=O) groups excluding carboxylic acids is 2. The molecule has 0 spiro atoms. The van der Waals surface area contributed by atoms with Gasteiger partial charge in [-0.05, 0) is 39.8 Å². The molecular formula is C17H23F2N3O3. The van der Waals surface area contributed by atoms with Crippen LogP contribution in [0.15, 0.2) is 18.2 Å². The van der Waals surface area contributed by atoms with Crippen molar-refractivity contribution >= 4 is 17.8 Å². The fourth-order valence-electron chi connectivity index (χ4n) is 2.52. The first-order valence-corrected chi connectivity index (χ1v) is 8.07. The van der Waals surface area contributed by atoms with E-state index in [-0.39, 0.29) is 24.8 Å². The van der Waals surface area contributed by atoms with Crippen LogP contribution in [0.25, 0.3) is 0 Å². The molecule has 1 atom stereocenters. The first-order chi connectivity index (χ1) is 11.6. The van der Waals surface area contributed by atoms with Crippen molar-refractivity contribution in [3.8, 4) is 0 Å². The van der Waals surface area contributed by atoms with E-state index in [1.165, 1.54) is 11.0 Å². The molecule has 25 heavy (non-hydrogen) atoms. The van der Waals surface area contributed by atoms with Gasteiger partial charge in [-0.25, -0.2) is 18.4 Å². The van der Waals surface area contributed by atoms with Crippen LogP contribution in [-0.2, 0) is 4.74 Å². The van der Waals surface area contributed by atoms with Crippen molar-refractivity contribution in [2.75, 3.05) is 25.0 Å². The summed E-state index contributed by atoms with van der Waals surface area (Å²) in [6, 6.07) is 2.21. The van der Waals surface area contributed by atoms with Crippen LogP contribution in [0.3, 0.4) is 0 Å². The third-order valence-electron chi connectivity index (χ3n) is 3.72. The van der Waals surface area contributed by atoms with Gasteiger partial charge in [0.2, 0.25) is 0 Å². The number of nitrogens with one attached hydrogen (secondary N) is 1. The molecule has 1 saturated heterocycles. The third kappa shape index (κ3) is 5.04. The van der Waals surface area contributed by atoms with E-state index in [2.05, 4.69) is 5.32 Å². The Morgan fingerprint density at radius 2 is 1.92 bits per heavy atom. The minimum Gasteiger partial charge on any atom is -0.444 e. The molecule has 6 nitrogen and oxygen atoms in total. The van der Waals surface area contributed by atoms with Gasteiger partial charge in [0.05, 0.1) is 5.69 Å². The van der Waals surface area contributed by atoms with Gasteiger partial charge in [0.1, 0.15) is 17.2 Å². The predicted molar refractivity (Wildman–Crippen MR) is 89.4 cm³/mol. The molecule has 138 valence electrons. The molecule has 1 N–H and O–H groups in total. The summed E-state index contributed by atoms with van der Waals surface area (Å²) in [7, 11) is 0. The summed E-state index contributed by atoms with van der Waals surface area (Å²) < 4.78 is 31.9. The smallest absolute Gasteiger partial charge is 0.410 e. The van der Waals surface area contributed by atoms with Crippen molar-refractivity contribution in [2.24, 2.45) is 0 Å². The summed E-state index contributed by atoms with van der Waals surface area (Å²) in [5, 5.41) is 2.42. The van der Waals surface area contributed by atoms with E-state index >= 15 is 0 Å². The van der Waals surface area contributed by atoms with Crippen LogP contribution in [0.5, 0.6) is 0 Å². The average Bonchev–Trinajstić information content (AvgIpc) is 2.48. The molecule has 0 bridgehead atoms. The van der Waals surface area contributed by atoms with E-state index < -0.39 is 29.4 Å². The summed E-state index contributed by atoms with van der Waals surface area (Å²) in [5.41, 5.74) is -0.681. The Kier molecular flexibility index (Phi) is 5.49. The maximum atomic E-state index is 13.6. The fourth-order valence-corrected chi connectivity index (χ4v) is 2.52. The normalized spacial score (nSPS) is 18.1. The largest absolute Gasteiger partial charge is 0.444 e. The second-order valence-electron chi connectivity index (χ2n) is 7.02. The van der Waals surface area contributed by atoms with Gasteiger partial charge >= 0.3 is 12.1 Å². The second kappa shape index (κ2) is 7.25.